The van der Waals surface area contributed by atoms with Crippen LogP contribution >= 0.6 is 0 Å². The fraction of sp³-hybridized carbons (Fsp3) is 0.400. The van der Waals surface area contributed by atoms with Gasteiger partial charge in [-0.3, -0.25) is 24.8 Å². The number of hydrogen-bond donors (Lipinski definition) is 0. The van der Waals surface area contributed by atoms with Gasteiger partial charge in [-0.2, -0.15) is 0 Å². The van der Waals surface area contributed by atoms with E-state index in [9.17, 15) is 34.7 Å². The third-order valence-electron chi connectivity index (χ3n) is 1.75. The van der Waals surface area contributed by atoms with Crippen LogP contribution in [0.4, 0.5) is 10.2 Å². The molecular formula is C5H4FN5O6. The zero-order valence-electron chi connectivity index (χ0n) is 7.93. The Labute approximate surface area is 90.9 Å². The van der Waals surface area contributed by atoms with Gasteiger partial charge in [0.2, 0.25) is 12.9 Å². The highest BCUT2D eigenvalue weighted by Gasteiger charge is 2.58. The first kappa shape index (κ1) is 12.4. The molecule has 0 aromatic carbocycles. The van der Waals surface area contributed by atoms with Crippen molar-refractivity contribution in [3.8, 4) is 0 Å². The number of hydrogen-bond acceptors (Lipinski definition) is 7. The molecule has 1 aromatic heterocycles. The lowest BCUT2D eigenvalue weighted by atomic mass is 10.4. The topological polar surface area (TPSA) is 147 Å². The van der Waals surface area contributed by atoms with E-state index >= 15 is 0 Å². The molecule has 0 saturated carbocycles. The minimum absolute atomic E-state index is 0.559. The van der Waals surface area contributed by atoms with Crippen LogP contribution < -0.4 is 0 Å². The van der Waals surface area contributed by atoms with Gasteiger partial charge in [0.15, 0.2) is 0 Å². The zero-order valence-corrected chi connectivity index (χ0v) is 7.93. The molecule has 0 saturated heterocycles. The number of nitro groups is 3. The summed E-state index contributed by atoms with van der Waals surface area (Å²) in [5.41, 5.74) is 0. The average Bonchev–Trinajstić information content (AvgIpc) is 2.65. The van der Waals surface area contributed by atoms with Gasteiger partial charge < -0.3 is 10.1 Å². The van der Waals surface area contributed by atoms with Crippen molar-refractivity contribution in [2.45, 2.75) is 12.5 Å². The molecular weight excluding hydrogens is 245 g/mol. The molecule has 1 heterocycles. The lowest BCUT2D eigenvalue weighted by Gasteiger charge is -2.07. The molecule has 0 aliphatic carbocycles. The Morgan fingerprint density at radius 3 is 2.18 bits per heavy atom. The summed E-state index contributed by atoms with van der Waals surface area (Å²) in [6.07, 6.45) is 1.35. The fourth-order valence-electron chi connectivity index (χ4n) is 0.943. The van der Waals surface area contributed by atoms with Gasteiger partial charge in [0.05, 0.1) is 0 Å². The van der Waals surface area contributed by atoms with Crippen molar-refractivity contribution in [1.29, 1.82) is 0 Å². The molecule has 0 radical (unpaired) electrons. The smallest absolute Gasteiger partial charge is 0.358 e. The van der Waals surface area contributed by atoms with Gasteiger partial charge in [0.25, 0.3) is 0 Å². The highest BCUT2D eigenvalue weighted by Crippen LogP contribution is 2.17. The largest absolute Gasteiger partial charge is 0.632 e. The number of alkyl halides is 1. The molecule has 0 fully saturated rings. The lowest BCUT2D eigenvalue weighted by Crippen LogP contribution is -2.45. The molecule has 0 bridgehead atoms. The van der Waals surface area contributed by atoms with Crippen molar-refractivity contribution >= 4 is 5.82 Å². The third-order valence-corrected chi connectivity index (χ3v) is 1.75. The Kier molecular flexibility index (Phi) is 2.97. The van der Waals surface area contributed by atoms with Crippen LogP contribution in [0.5, 0.6) is 0 Å². The maximum atomic E-state index is 13.3. The summed E-state index contributed by atoms with van der Waals surface area (Å²) in [5.74, 6) is -4.65. The number of aromatic nitrogens is 2. The van der Waals surface area contributed by atoms with E-state index in [1.54, 1.807) is 0 Å². The molecule has 12 heteroatoms. The van der Waals surface area contributed by atoms with Crippen molar-refractivity contribution in [1.82, 2.24) is 9.55 Å². The predicted octanol–water partition coefficient (Wildman–Crippen LogP) is -0.0320. The minimum Gasteiger partial charge on any atom is -0.358 e. The van der Waals surface area contributed by atoms with Gasteiger partial charge in [0, 0.05) is 0 Å². The zero-order chi connectivity index (χ0) is 13.2. The molecule has 1 rings (SSSR count). The molecule has 0 amide bonds. The summed E-state index contributed by atoms with van der Waals surface area (Å²) < 4.78 is 13.9. The Balaban J connectivity index is 2.98. The molecule has 92 valence electrons. The van der Waals surface area contributed by atoms with Crippen molar-refractivity contribution in [2.24, 2.45) is 0 Å². The maximum absolute atomic E-state index is 13.3. The predicted molar refractivity (Wildman–Crippen MR) is 46.7 cm³/mol. The summed E-state index contributed by atoms with van der Waals surface area (Å²) >= 11 is 0. The molecule has 11 nitrogen and oxygen atoms in total. The van der Waals surface area contributed by atoms with Crippen molar-refractivity contribution < 1.29 is 19.2 Å². The van der Waals surface area contributed by atoms with Crippen LogP contribution in [0, 0.1) is 30.3 Å². The molecule has 0 spiro atoms. The second-order valence-electron chi connectivity index (χ2n) is 2.89. The van der Waals surface area contributed by atoms with Crippen LogP contribution in [0.15, 0.2) is 12.5 Å². The minimum atomic E-state index is -3.95. The quantitative estimate of drug-likeness (QED) is 0.308. The molecule has 0 N–H and O–H groups in total. The molecule has 0 aliphatic rings. The molecule has 1 aromatic rings. The van der Waals surface area contributed by atoms with Crippen LogP contribution in [0.2, 0.25) is 0 Å². The van der Waals surface area contributed by atoms with Gasteiger partial charge in [-0.25, -0.2) is 0 Å². The molecule has 17 heavy (non-hydrogen) atoms. The first-order valence-electron chi connectivity index (χ1n) is 3.91. The second-order valence-corrected chi connectivity index (χ2v) is 2.89. The third kappa shape index (κ3) is 2.30. The Hall–Kier alpha value is -2.66. The van der Waals surface area contributed by atoms with Crippen LogP contribution in [-0.4, -0.2) is 30.2 Å². The maximum Gasteiger partial charge on any atom is 0.632 e. The number of imidazole rings is 1. The molecule has 0 unspecified atom stereocenters. The van der Waals surface area contributed by atoms with Crippen molar-refractivity contribution in [3.05, 3.63) is 42.9 Å². The van der Waals surface area contributed by atoms with E-state index in [4.69, 9.17) is 0 Å². The Bertz CT molecular complexity index is 471. The molecule has 0 atom stereocenters. The summed E-state index contributed by atoms with van der Waals surface area (Å²) in [6, 6.07) is 0. The number of halogens is 1. The highest BCUT2D eigenvalue weighted by molar-refractivity contribution is 5.12. The number of rotatable bonds is 5. The number of nitrogens with zero attached hydrogens (tertiary/aromatic N) is 5. The summed E-state index contributed by atoms with van der Waals surface area (Å²) in [5, 5.41) is 30.7. The van der Waals surface area contributed by atoms with E-state index in [1.807, 2.05) is 0 Å². The summed E-state index contributed by atoms with van der Waals surface area (Å²) in [4.78, 5) is 29.5. The van der Waals surface area contributed by atoms with E-state index in [-0.39, 0.29) is 0 Å². The van der Waals surface area contributed by atoms with Crippen LogP contribution in [0.25, 0.3) is 0 Å². The lowest BCUT2D eigenvalue weighted by molar-refractivity contribution is -0.833. The van der Waals surface area contributed by atoms with Gasteiger partial charge in [-0.15, -0.1) is 0 Å². The van der Waals surface area contributed by atoms with Crippen LogP contribution in [-0.2, 0) is 6.54 Å². The monoisotopic (exact) mass is 249 g/mol. The van der Waals surface area contributed by atoms with Crippen molar-refractivity contribution in [3.63, 3.8) is 0 Å². The SMILES string of the molecule is O=[N+]([O-])c1cn(CC(F)([N+](=O)[O-])[N+](=O)[O-])cn1. The Morgan fingerprint density at radius 1 is 1.29 bits per heavy atom. The second kappa shape index (κ2) is 4.07. The van der Waals surface area contributed by atoms with Crippen LogP contribution in [0.1, 0.15) is 0 Å². The first-order chi connectivity index (χ1) is 7.77. The van der Waals surface area contributed by atoms with Crippen LogP contribution in [0.3, 0.4) is 0 Å². The Morgan fingerprint density at radius 2 is 1.82 bits per heavy atom. The summed E-state index contributed by atoms with van der Waals surface area (Å²) in [6.45, 7) is -1.31. The normalized spacial score (nSPS) is 11.1. The summed E-state index contributed by atoms with van der Waals surface area (Å²) in [7, 11) is 0. The van der Waals surface area contributed by atoms with E-state index in [0.717, 1.165) is 0 Å². The van der Waals surface area contributed by atoms with E-state index in [2.05, 4.69) is 4.98 Å². The van der Waals surface area contributed by atoms with E-state index < -0.39 is 33.0 Å². The average molecular weight is 249 g/mol. The van der Waals surface area contributed by atoms with E-state index in [0.29, 0.717) is 17.1 Å². The van der Waals surface area contributed by atoms with Gasteiger partial charge in [-0.05, 0) is 9.91 Å². The molecule has 0 aliphatic heterocycles. The van der Waals surface area contributed by atoms with Crippen molar-refractivity contribution in [2.75, 3.05) is 0 Å². The fourth-order valence-corrected chi connectivity index (χ4v) is 0.943. The van der Waals surface area contributed by atoms with E-state index in [1.165, 1.54) is 0 Å². The standard InChI is InChI=1S/C5H4FN5O6/c6-5(10(14)15,11(16)17)2-8-1-4(7-3-8)9(12)13/h1,3H,2H2. The first-order valence-corrected chi connectivity index (χ1v) is 3.91. The van der Waals surface area contributed by atoms with Gasteiger partial charge >= 0.3 is 11.7 Å². The highest BCUT2D eigenvalue weighted by atomic mass is 19.2. The van der Waals surface area contributed by atoms with Gasteiger partial charge in [0.1, 0.15) is 16.0 Å². The van der Waals surface area contributed by atoms with Gasteiger partial charge in [-0.1, -0.05) is 4.39 Å².